The van der Waals surface area contributed by atoms with Crippen molar-refractivity contribution in [1.29, 1.82) is 0 Å². The molecule has 0 aliphatic rings. The fourth-order valence-electron chi connectivity index (χ4n) is 0.794. The fourth-order valence-corrected chi connectivity index (χ4v) is 1.53. The Morgan fingerprint density at radius 3 is 2.50 bits per heavy atom. The topological polar surface area (TPSA) is 37.8 Å². The van der Waals surface area contributed by atoms with Crippen molar-refractivity contribution in [3.63, 3.8) is 0 Å². The first kappa shape index (κ1) is 9.61. The molecule has 0 aliphatic heterocycles. The van der Waals surface area contributed by atoms with E-state index in [2.05, 4.69) is 36.3 Å². The zero-order valence-electron chi connectivity index (χ0n) is 7.79. The zero-order chi connectivity index (χ0) is 8.97. The molecule has 0 fully saturated rings. The minimum Gasteiger partial charge on any atom is -0.308 e. The summed E-state index contributed by atoms with van der Waals surface area (Å²) >= 11 is 1.69. The minimum atomic E-state index is 0.513. The highest BCUT2D eigenvalue weighted by molar-refractivity contribution is 7.11. The fraction of sp³-hybridized carbons (Fsp3) is 0.750. The van der Waals surface area contributed by atoms with Crippen LogP contribution in [0.4, 0.5) is 0 Å². The van der Waals surface area contributed by atoms with Crippen LogP contribution < -0.4 is 5.32 Å². The normalized spacial score (nSPS) is 11.0. The minimum absolute atomic E-state index is 0.513. The highest BCUT2D eigenvalue weighted by Crippen LogP contribution is 2.09. The number of aryl methyl sites for hydroxylation is 1. The number of hydrogen-bond acceptors (Lipinski definition) is 4. The van der Waals surface area contributed by atoms with Gasteiger partial charge in [-0.3, -0.25) is 0 Å². The van der Waals surface area contributed by atoms with E-state index in [1.165, 1.54) is 0 Å². The molecular weight excluding hydrogens is 170 g/mol. The third-order valence-corrected chi connectivity index (χ3v) is 2.54. The zero-order valence-corrected chi connectivity index (χ0v) is 8.61. The van der Waals surface area contributed by atoms with Crippen LogP contribution in [0, 0.1) is 0 Å². The van der Waals surface area contributed by atoms with Crippen molar-refractivity contribution in [3.05, 3.63) is 10.0 Å². The van der Waals surface area contributed by atoms with Crippen LogP contribution in [0.2, 0.25) is 0 Å². The molecule has 0 radical (unpaired) electrons. The number of aromatic nitrogens is 2. The molecule has 1 rings (SSSR count). The van der Waals surface area contributed by atoms with Crippen LogP contribution in [0.1, 0.15) is 30.8 Å². The molecular formula is C8H15N3S. The molecule has 0 saturated carbocycles. The summed E-state index contributed by atoms with van der Waals surface area (Å²) in [7, 11) is 0. The van der Waals surface area contributed by atoms with Crippen LogP contribution in [0.25, 0.3) is 0 Å². The second kappa shape index (κ2) is 4.52. The summed E-state index contributed by atoms with van der Waals surface area (Å²) in [5.74, 6) is 0. The van der Waals surface area contributed by atoms with Gasteiger partial charge in [-0.1, -0.05) is 20.8 Å². The van der Waals surface area contributed by atoms with Crippen molar-refractivity contribution in [2.45, 2.75) is 39.8 Å². The van der Waals surface area contributed by atoms with Gasteiger partial charge >= 0.3 is 0 Å². The van der Waals surface area contributed by atoms with Crippen LogP contribution >= 0.6 is 11.3 Å². The number of hydrogen-bond donors (Lipinski definition) is 1. The molecule has 4 heteroatoms. The average Bonchev–Trinajstić information content (AvgIpc) is 2.48. The third-order valence-electron chi connectivity index (χ3n) is 1.47. The highest BCUT2D eigenvalue weighted by atomic mass is 32.1. The Hall–Kier alpha value is -0.480. The van der Waals surface area contributed by atoms with E-state index in [0.717, 1.165) is 23.0 Å². The molecule has 0 spiro atoms. The van der Waals surface area contributed by atoms with Gasteiger partial charge in [-0.2, -0.15) is 0 Å². The predicted octanol–water partition coefficient (Wildman–Crippen LogP) is 1.60. The number of nitrogens with zero attached hydrogens (tertiary/aromatic N) is 2. The van der Waals surface area contributed by atoms with E-state index in [9.17, 15) is 0 Å². The first-order chi connectivity index (χ1) is 5.72. The molecule has 1 aromatic heterocycles. The number of rotatable bonds is 4. The molecule has 0 aliphatic carbocycles. The van der Waals surface area contributed by atoms with E-state index >= 15 is 0 Å². The average molecular weight is 185 g/mol. The van der Waals surface area contributed by atoms with Crippen molar-refractivity contribution in [2.24, 2.45) is 0 Å². The standard InChI is InChI=1S/C8H15N3S/c1-4-7-10-11-8(12-7)5-9-6(2)3/h6,9H,4-5H2,1-3H3. The lowest BCUT2D eigenvalue weighted by Crippen LogP contribution is -2.21. The summed E-state index contributed by atoms with van der Waals surface area (Å²) in [6, 6.07) is 0.513. The summed E-state index contributed by atoms with van der Waals surface area (Å²) < 4.78 is 0. The van der Waals surface area contributed by atoms with Gasteiger partial charge < -0.3 is 5.32 Å². The summed E-state index contributed by atoms with van der Waals surface area (Å²) in [6.45, 7) is 7.19. The molecule has 12 heavy (non-hydrogen) atoms. The van der Waals surface area contributed by atoms with Gasteiger partial charge in [0.2, 0.25) is 0 Å². The summed E-state index contributed by atoms with van der Waals surface area (Å²) in [6.07, 6.45) is 0.985. The van der Waals surface area contributed by atoms with E-state index in [4.69, 9.17) is 0 Å². The van der Waals surface area contributed by atoms with Crippen LogP contribution in [0.5, 0.6) is 0 Å². The van der Waals surface area contributed by atoms with Crippen LogP contribution in [0.15, 0.2) is 0 Å². The van der Waals surface area contributed by atoms with Crippen LogP contribution in [-0.2, 0) is 13.0 Å². The van der Waals surface area contributed by atoms with E-state index in [1.54, 1.807) is 11.3 Å². The highest BCUT2D eigenvalue weighted by Gasteiger charge is 2.01. The quantitative estimate of drug-likeness (QED) is 0.774. The lowest BCUT2D eigenvalue weighted by Gasteiger charge is -2.03. The van der Waals surface area contributed by atoms with E-state index in [1.807, 2.05) is 0 Å². The Kier molecular flexibility index (Phi) is 3.62. The summed E-state index contributed by atoms with van der Waals surface area (Å²) in [5, 5.41) is 13.6. The lowest BCUT2D eigenvalue weighted by molar-refractivity contribution is 0.584. The lowest BCUT2D eigenvalue weighted by atomic mass is 10.4. The van der Waals surface area contributed by atoms with Gasteiger partial charge in [-0.05, 0) is 6.42 Å². The SMILES string of the molecule is CCc1nnc(CNC(C)C)s1. The molecule has 0 atom stereocenters. The largest absolute Gasteiger partial charge is 0.308 e. The Morgan fingerprint density at radius 2 is 2.00 bits per heavy atom. The van der Waals surface area contributed by atoms with Crippen LogP contribution in [0.3, 0.4) is 0 Å². The van der Waals surface area contributed by atoms with E-state index < -0.39 is 0 Å². The van der Waals surface area contributed by atoms with Crippen LogP contribution in [-0.4, -0.2) is 16.2 Å². The molecule has 1 heterocycles. The van der Waals surface area contributed by atoms with Gasteiger partial charge in [0.05, 0.1) is 0 Å². The Bertz CT molecular complexity index is 232. The van der Waals surface area contributed by atoms with E-state index in [0.29, 0.717) is 6.04 Å². The monoisotopic (exact) mass is 185 g/mol. The Morgan fingerprint density at radius 1 is 1.33 bits per heavy atom. The summed E-state index contributed by atoms with van der Waals surface area (Å²) in [5.41, 5.74) is 0. The molecule has 0 amide bonds. The van der Waals surface area contributed by atoms with Gasteiger partial charge in [0.25, 0.3) is 0 Å². The van der Waals surface area contributed by atoms with Gasteiger partial charge in [-0.15, -0.1) is 21.5 Å². The third kappa shape index (κ3) is 2.87. The Balaban J connectivity index is 2.41. The van der Waals surface area contributed by atoms with E-state index in [-0.39, 0.29) is 0 Å². The second-order valence-electron chi connectivity index (χ2n) is 2.98. The maximum Gasteiger partial charge on any atom is 0.131 e. The molecule has 0 bridgehead atoms. The van der Waals surface area contributed by atoms with Crippen molar-refractivity contribution in [1.82, 2.24) is 15.5 Å². The van der Waals surface area contributed by atoms with Gasteiger partial charge in [0.15, 0.2) is 0 Å². The Labute approximate surface area is 77.2 Å². The van der Waals surface area contributed by atoms with Gasteiger partial charge in [-0.25, -0.2) is 0 Å². The smallest absolute Gasteiger partial charge is 0.131 e. The maximum absolute atomic E-state index is 4.06. The first-order valence-corrected chi connectivity index (χ1v) is 5.08. The van der Waals surface area contributed by atoms with Crippen molar-refractivity contribution in [2.75, 3.05) is 0 Å². The first-order valence-electron chi connectivity index (χ1n) is 4.27. The summed E-state index contributed by atoms with van der Waals surface area (Å²) in [4.78, 5) is 0. The number of nitrogens with one attached hydrogen (secondary N) is 1. The molecule has 0 unspecified atom stereocenters. The molecule has 0 aromatic carbocycles. The maximum atomic E-state index is 4.06. The second-order valence-corrected chi connectivity index (χ2v) is 4.13. The molecule has 1 N–H and O–H groups in total. The molecule has 3 nitrogen and oxygen atoms in total. The van der Waals surface area contributed by atoms with Crippen molar-refractivity contribution < 1.29 is 0 Å². The van der Waals surface area contributed by atoms with Gasteiger partial charge in [0, 0.05) is 12.6 Å². The molecule has 68 valence electrons. The van der Waals surface area contributed by atoms with Crippen molar-refractivity contribution >= 4 is 11.3 Å². The predicted molar refractivity (Wildman–Crippen MR) is 51.3 cm³/mol. The van der Waals surface area contributed by atoms with Crippen molar-refractivity contribution in [3.8, 4) is 0 Å². The molecule has 1 aromatic rings. The van der Waals surface area contributed by atoms with Gasteiger partial charge in [0.1, 0.15) is 10.0 Å². The molecule has 0 saturated heterocycles.